The van der Waals surface area contributed by atoms with Crippen LogP contribution in [0, 0.1) is 19.7 Å². The molecule has 27 heavy (non-hydrogen) atoms. The van der Waals surface area contributed by atoms with Crippen molar-refractivity contribution in [1.29, 1.82) is 0 Å². The zero-order valence-corrected chi connectivity index (χ0v) is 17.0. The third kappa shape index (κ3) is 4.34. The highest BCUT2D eigenvalue weighted by molar-refractivity contribution is 7.22. The molecule has 0 unspecified atom stereocenters. The van der Waals surface area contributed by atoms with Gasteiger partial charge in [-0.05, 0) is 49.2 Å². The van der Waals surface area contributed by atoms with Gasteiger partial charge in [0.15, 0.2) is 5.13 Å². The molecule has 0 aliphatic rings. The first-order chi connectivity index (χ1) is 12.9. The number of hydrogen-bond donors (Lipinski definition) is 1. The Balaban J connectivity index is 1.98. The van der Waals surface area contributed by atoms with Gasteiger partial charge in [-0.1, -0.05) is 23.5 Å². The molecule has 4 nitrogen and oxygen atoms in total. The summed E-state index contributed by atoms with van der Waals surface area (Å²) >= 11 is 1.48. The molecular weight excluding hydrogens is 361 g/mol. The van der Waals surface area contributed by atoms with E-state index >= 15 is 0 Å². The average molecular weight is 387 g/mol. The molecule has 0 radical (unpaired) electrons. The molecule has 0 saturated heterocycles. The van der Waals surface area contributed by atoms with Crippen molar-refractivity contribution in [2.75, 3.05) is 32.1 Å². The van der Waals surface area contributed by atoms with Crippen LogP contribution in [0.25, 0.3) is 10.2 Å². The van der Waals surface area contributed by atoms with Crippen LogP contribution in [0.3, 0.4) is 0 Å². The van der Waals surface area contributed by atoms with E-state index in [4.69, 9.17) is 0 Å². The number of rotatable bonds is 6. The molecule has 6 heteroatoms. The van der Waals surface area contributed by atoms with Crippen LogP contribution in [0.2, 0.25) is 0 Å². The van der Waals surface area contributed by atoms with E-state index in [9.17, 15) is 9.18 Å². The number of benzene rings is 2. The molecule has 0 saturated carbocycles. The summed E-state index contributed by atoms with van der Waals surface area (Å²) in [4.78, 5) is 20.7. The van der Waals surface area contributed by atoms with E-state index in [1.807, 2.05) is 6.07 Å². The van der Waals surface area contributed by atoms with Crippen molar-refractivity contribution in [1.82, 2.24) is 4.98 Å². The van der Waals surface area contributed by atoms with Crippen molar-refractivity contribution < 1.29 is 14.1 Å². The Morgan fingerprint density at radius 1 is 1.19 bits per heavy atom. The van der Waals surface area contributed by atoms with Crippen LogP contribution in [-0.2, 0) is 0 Å². The molecule has 142 valence electrons. The fraction of sp³-hybridized carbons (Fsp3) is 0.333. The van der Waals surface area contributed by atoms with Gasteiger partial charge in [0.25, 0.3) is 5.91 Å². The predicted molar refractivity (Wildman–Crippen MR) is 109 cm³/mol. The van der Waals surface area contributed by atoms with E-state index < -0.39 is 5.82 Å². The summed E-state index contributed by atoms with van der Waals surface area (Å²) in [5.74, 6) is -0.840. The molecule has 0 bridgehead atoms. The number of fused-ring (bicyclic) bond motifs is 1. The van der Waals surface area contributed by atoms with E-state index in [0.29, 0.717) is 11.7 Å². The number of amides is 1. The van der Waals surface area contributed by atoms with Crippen LogP contribution in [0.15, 0.2) is 36.4 Å². The number of nitrogens with one attached hydrogen (secondary N) is 1. The Hall–Kier alpha value is -2.31. The Kier molecular flexibility index (Phi) is 5.87. The van der Waals surface area contributed by atoms with Crippen LogP contribution in [-0.4, -0.2) is 38.1 Å². The quantitative estimate of drug-likeness (QED) is 0.706. The largest absolute Gasteiger partial charge is 0.340 e. The highest BCUT2D eigenvalue weighted by Gasteiger charge is 2.23. The maximum atomic E-state index is 14.2. The van der Waals surface area contributed by atoms with Crippen LogP contribution < -0.4 is 9.80 Å². The second-order valence-electron chi connectivity index (χ2n) is 7.15. The number of thiazole rings is 1. The van der Waals surface area contributed by atoms with E-state index in [1.54, 1.807) is 17.0 Å². The van der Waals surface area contributed by atoms with Crippen molar-refractivity contribution in [3.05, 3.63) is 58.9 Å². The first kappa shape index (κ1) is 19.5. The molecule has 0 spiro atoms. The lowest BCUT2D eigenvalue weighted by Crippen LogP contribution is -3.05. The van der Waals surface area contributed by atoms with Crippen LogP contribution >= 0.6 is 11.3 Å². The number of carbonyl (C=O) groups is 1. The zero-order valence-electron chi connectivity index (χ0n) is 16.2. The summed E-state index contributed by atoms with van der Waals surface area (Å²) in [7, 11) is 4.15. The third-order valence-electron chi connectivity index (χ3n) is 4.63. The summed E-state index contributed by atoms with van der Waals surface area (Å²) in [6.45, 7) is 5.55. The maximum Gasteiger partial charge on any atom is 0.263 e. The number of aromatic nitrogens is 1. The van der Waals surface area contributed by atoms with Crippen LogP contribution in [0.1, 0.15) is 27.9 Å². The van der Waals surface area contributed by atoms with Gasteiger partial charge in [0.05, 0.1) is 36.4 Å². The average Bonchev–Trinajstić information content (AvgIpc) is 3.01. The van der Waals surface area contributed by atoms with E-state index in [-0.39, 0.29) is 11.5 Å². The summed E-state index contributed by atoms with van der Waals surface area (Å²) in [5.41, 5.74) is 3.33. The molecule has 1 amide bonds. The van der Waals surface area contributed by atoms with Crippen LogP contribution in [0.4, 0.5) is 9.52 Å². The molecule has 1 heterocycles. The molecule has 1 aromatic heterocycles. The molecule has 0 aliphatic carbocycles. The number of aryl methyl sites for hydroxylation is 2. The van der Waals surface area contributed by atoms with Gasteiger partial charge in [-0.15, -0.1) is 0 Å². The number of hydrogen-bond acceptors (Lipinski definition) is 3. The summed E-state index contributed by atoms with van der Waals surface area (Å²) < 4.78 is 15.2. The molecule has 0 aliphatic heterocycles. The van der Waals surface area contributed by atoms with Gasteiger partial charge in [0.1, 0.15) is 5.82 Å². The van der Waals surface area contributed by atoms with Gasteiger partial charge in [0.2, 0.25) is 0 Å². The van der Waals surface area contributed by atoms with Gasteiger partial charge in [-0.25, -0.2) is 9.37 Å². The molecule has 3 rings (SSSR count). The summed E-state index contributed by atoms with van der Waals surface area (Å²) in [6.07, 6.45) is 0.816. The highest BCUT2D eigenvalue weighted by atomic mass is 32.1. The van der Waals surface area contributed by atoms with E-state index in [2.05, 4.69) is 39.0 Å². The van der Waals surface area contributed by atoms with Gasteiger partial charge in [0, 0.05) is 13.0 Å². The van der Waals surface area contributed by atoms with E-state index in [0.717, 1.165) is 23.2 Å². The predicted octanol–water partition coefficient (Wildman–Crippen LogP) is 3.23. The first-order valence-electron chi connectivity index (χ1n) is 9.10. The number of carbonyl (C=O) groups excluding carboxylic acids is 1. The lowest BCUT2D eigenvalue weighted by Gasteiger charge is -2.20. The number of anilines is 1. The standard InChI is InChI=1S/C21H24FN3OS/c1-14-12-18-19(13-15(14)2)27-21(23-18)25(11-7-10-24(3)4)20(26)16-8-5-6-9-17(16)22/h5-6,8-9,12-13H,7,10-11H2,1-4H3/p+1. The Labute approximate surface area is 163 Å². The monoisotopic (exact) mass is 386 g/mol. The maximum absolute atomic E-state index is 14.2. The Morgan fingerprint density at radius 2 is 1.89 bits per heavy atom. The molecule has 1 N–H and O–H groups in total. The van der Waals surface area contributed by atoms with E-state index in [1.165, 1.54) is 39.5 Å². The highest BCUT2D eigenvalue weighted by Crippen LogP contribution is 2.31. The SMILES string of the molecule is Cc1cc2nc(N(CCC[NH+](C)C)C(=O)c3ccccc3F)sc2cc1C. The lowest BCUT2D eigenvalue weighted by atomic mass is 10.1. The number of halogens is 1. The fourth-order valence-electron chi connectivity index (χ4n) is 2.94. The number of quaternary nitrogens is 1. The van der Waals surface area contributed by atoms with Crippen molar-refractivity contribution >= 4 is 32.6 Å². The molecular formula is C21H25FN3OS+. The second-order valence-corrected chi connectivity index (χ2v) is 8.16. The van der Waals surface area contributed by atoms with Gasteiger partial charge < -0.3 is 4.90 Å². The zero-order chi connectivity index (χ0) is 19.6. The van der Waals surface area contributed by atoms with Crippen molar-refractivity contribution in [2.45, 2.75) is 20.3 Å². The smallest absolute Gasteiger partial charge is 0.263 e. The van der Waals surface area contributed by atoms with Crippen molar-refractivity contribution in [3.8, 4) is 0 Å². The minimum atomic E-state index is -0.501. The molecule has 0 atom stereocenters. The minimum absolute atomic E-state index is 0.0846. The number of nitrogens with zero attached hydrogens (tertiary/aromatic N) is 2. The third-order valence-corrected chi connectivity index (χ3v) is 5.67. The second kappa shape index (κ2) is 8.15. The Bertz CT molecular complexity index is 928. The van der Waals surface area contributed by atoms with Gasteiger partial charge in [-0.2, -0.15) is 0 Å². The Morgan fingerprint density at radius 3 is 2.59 bits per heavy atom. The first-order valence-corrected chi connectivity index (χ1v) is 9.91. The molecule has 3 aromatic rings. The van der Waals surface area contributed by atoms with Crippen LogP contribution in [0.5, 0.6) is 0 Å². The van der Waals surface area contributed by atoms with Crippen molar-refractivity contribution in [2.24, 2.45) is 0 Å². The van der Waals surface area contributed by atoms with Gasteiger partial charge in [-0.3, -0.25) is 9.69 Å². The van der Waals surface area contributed by atoms with Crippen molar-refractivity contribution in [3.63, 3.8) is 0 Å². The minimum Gasteiger partial charge on any atom is -0.340 e. The molecule has 2 aromatic carbocycles. The van der Waals surface area contributed by atoms with Gasteiger partial charge >= 0.3 is 0 Å². The fourth-order valence-corrected chi connectivity index (χ4v) is 4.01. The topological polar surface area (TPSA) is 37.6 Å². The summed E-state index contributed by atoms with van der Waals surface area (Å²) in [6, 6.07) is 10.3. The lowest BCUT2D eigenvalue weighted by molar-refractivity contribution is -0.858. The normalized spacial score (nSPS) is 11.3. The summed E-state index contributed by atoms with van der Waals surface area (Å²) in [5, 5.41) is 0.622. The molecule has 0 fully saturated rings.